The zero-order valence-corrected chi connectivity index (χ0v) is 24.3. The Kier molecular flexibility index (Phi) is 6.53. The van der Waals surface area contributed by atoms with Crippen LogP contribution in [0.25, 0.3) is 0 Å². The van der Waals surface area contributed by atoms with Gasteiger partial charge in [-0.3, -0.25) is 14.4 Å². The number of aromatic hydroxyl groups is 2. The Labute approximate surface area is 235 Å². The molecule has 7 heteroatoms. The van der Waals surface area contributed by atoms with Gasteiger partial charge in [-0.2, -0.15) is 0 Å². The van der Waals surface area contributed by atoms with Crippen LogP contribution in [0.15, 0.2) is 46.6 Å². The fraction of sp³-hybridized carbons (Fsp3) is 0.485. The predicted molar refractivity (Wildman–Crippen MR) is 151 cm³/mol. The maximum Gasteiger partial charge on any atom is 0.200 e. The van der Waals surface area contributed by atoms with Gasteiger partial charge in [0.1, 0.15) is 29.1 Å². The van der Waals surface area contributed by atoms with Crippen LogP contribution >= 0.6 is 0 Å². The Balaban J connectivity index is 1.82. The van der Waals surface area contributed by atoms with Crippen molar-refractivity contribution in [3.63, 3.8) is 0 Å². The van der Waals surface area contributed by atoms with Crippen molar-refractivity contribution in [1.82, 2.24) is 0 Å². The Morgan fingerprint density at radius 2 is 1.60 bits per heavy atom. The fourth-order valence-corrected chi connectivity index (χ4v) is 7.11. The molecule has 6 rings (SSSR count). The minimum absolute atomic E-state index is 0.0101. The zero-order chi connectivity index (χ0) is 29.4. The van der Waals surface area contributed by atoms with E-state index in [4.69, 9.17) is 9.47 Å². The van der Waals surface area contributed by atoms with E-state index in [-0.39, 0.29) is 59.3 Å². The molecule has 4 bridgehead atoms. The molecule has 7 nitrogen and oxygen atoms in total. The molecule has 40 heavy (non-hydrogen) atoms. The quantitative estimate of drug-likeness (QED) is 0.258. The molecule has 2 fully saturated rings. The van der Waals surface area contributed by atoms with Gasteiger partial charge >= 0.3 is 0 Å². The summed E-state index contributed by atoms with van der Waals surface area (Å²) in [6.45, 7) is 13.2. The van der Waals surface area contributed by atoms with Crippen LogP contribution in [-0.4, -0.2) is 44.9 Å². The van der Waals surface area contributed by atoms with Gasteiger partial charge in [0.05, 0.1) is 5.60 Å². The van der Waals surface area contributed by atoms with Crippen molar-refractivity contribution in [3.05, 3.63) is 63.3 Å². The van der Waals surface area contributed by atoms with E-state index in [0.29, 0.717) is 23.1 Å². The number of hydrogen-bond acceptors (Lipinski definition) is 7. The van der Waals surface area contributed by atoms with Crippen LogP contribution in [0, 0.1) is 11.8 Å². The van der Waals surface area contributed by atoms with E-state index >= 15 is 0 Å². The number of hydrogen-bond donors (Lipinski definition) is 2. The Morgan fingerprint density at radius 1 is 0.975 bits per heavy atom. The first kappa shape index (κ1) is 28.1. The molecule has 4 atom stereocenters. The van der Waals surface area contributed by atoms with Crippen molar-refractivity contribution >= 4 is 17.9 Å². The standard InChI is InChI=1S/C33H38O7/c1-17(2)8-10-21-26(35)22(11-9-18(3)4)29-25(27(21)36)28(37)23-14-20-15-24-31(6,7)40-32(30(20)38,33(23,24)39-29)13-12-19(5)16-34/h8-9,12,14,16,20,24,35-36H,10-11,13,15H2,1-7H3/t20-,24-,32-,33+/m0/s1. The van der Waals surface area contributed by atoms with Crippen LogP contribution in [-0.2, 0) is 27.2 Å². The SMILES string of the molecule is CC(C)=CCc1c(O)c(CC=C(C)C)c2c(c1O)C(=O)C1=C[C@H]3C[C@H]4C(C)(C)O[C@@](CC=C(C)C=O)(C3=O)[C@@]14O2. The second-order valence-electron chi connectivity index (χ2n) is 12.6. The summed E-state index contributed by atoms with van der Waals surface area (Å²) < 4.78 is 13.6. The lowest BCUT2D eigenvalue weighted by Gasteiger charge is -2.56. The summed E-state index contributed by atoms with van der Waals surface area (Å²) >= 11 is 0. The number of carbonyl (C=O) groups excluding carboxylic acids is 3. The molecule has 1 aromatic rings. The van der Waals surface area contributed by atoms with E-state index in [1.54, 1.807) is 19.1 Å². The topological polar surface area (TPSA) is 110 Å². The lowest BCUT2D eigenvalue weighted by molar-refractivity contribution is -0.171. The lowest BCUT2D eigenvalue weighted by Crippen LogP contribution is -2.72. The van der Waals surface area contributed by atoms with E-state index < -0.39 is 28.5 Å². The first-order chi connectivity index (χ1) is 18.7. The maximum atomic E-state index is 14.5. The Bertz CT molecular complexity index is 1460. The summed E-state index contributed by atoms with van der Waals surface area (Å²) in [5.41, 5.74) is -0.386. The van der Waals surface area contributed by atoms with Crippen molar-refractivity contribution in [2.24, 2.45) is 11.8 Å². The summed E-state index contributed by atoms with van der Waals surface area (Å²) in [4.78, 5) is 40.0. The molecule has 2 N–H and O–H groups in total. The van der Waals surface area contributed by atoms with Crippen molar-refractivity contribution in [1.29, 1.82) is 0 Å². The molecule has 212 valence electrons. The monoisotopic (exact) mass is 546 g/mol. The number of rotatable bonds is 7. The average molecular weight is 547 g/mol. The number of ketones is 2. The third kappa shape index (κ3) is 3.70. The summed E-state index contributed by atoms with van der Waals surface area (Å²) in [7, 11) is 0. The van der Waals surface area contributed by atoms with E-state index in [2.05, 4.69) is 0 Å². The normalized spacial score (nSPS) is 29.3. The molecule has 5 aliphatic rings. The minimum Gasteiger partial charge on any atom is -0.507 e. The molecule has 1 saturated heterocycles. The highest BCUT2D eigenvalue weighted by atomic mass is 16.6. The van der Waals surface area contributed by atoms with Gasteiger partial charge in [0.25, 0.3) is 0 Å². The fourth-order valence-electron chi connectivity index (χ4n) is 7.11. The second kappa shape index (κ2) is 9.30. The van der Waals surface area contributed by atoms with Gasteiger partial charge in [-0.25, -0.2) is 0 Å². The molecule has 3 aliphatic carbocycles. The predicted octanol–water partition coefficient (Wildman–Crippen LogP) is 5.66. The van der Waals surface area contributed by atoms with E-state index in [1.807, 2.05) is 53.7 Å². The molecular formula is C33H38O7. The number of allylic oxidation sites excluding steroid dienone is 6. The van der Waals surface area contributed by atoms with Crippen molar-refractivity contribution < 1.29 is 34.1 Å². The summed E-state index contributed by atoms with van der Waals surface area (Å²) in [5.74, 6) is -1.83. The number of phenolic OH excluding ortho intramolecular Hbond substituents is 2. The van der Waals surface area contributed by atoms with Gasteiger partial charge in [0.15, 0.2) is 22.8 Å². The first-order valence-electron chi connectivity index (χ1n) is 13.9. The maximum absolute atomic E-state index is 14.5. The Morgan fingerprint density at radius 3 is 2.20 bits per heavy atom. The highest BCUT2D eigenvalue weighted by molar-refractivity contribution is 6.18. The molecule has 0 aromatic heterocycles. The third-order valence-electron chi connectivity index (χ3n) is 9.02. The van der Waals surface area contributed by atoms with Crippen LogP contribution in [0.2, 0.25) is 0 Å². The average Bonchev–Trinajstić information content (AvgIpc) is 3.03. The highest BCUT2D eigenvalue weighted by Crippen LogP contribution is 2.68. The van der Waals surface area contributed by atoms with Crippen molar-refractivity contribution in [2.45, 2.75) is 91.0 Å². The van der Waals surface area contributed by atoms with Crippen LogP contribution in [0.1, 0.15) is 82.8 Å². The molecular weight excluding hydrogens is 508 g/mol. The number of Topliss-reactive ketones (excluding diaryl/α,β-unsaturated/α-hetero) is 2. The molecule has 0 radical (unpaired) electrons. The molecule has 2 heterocycles. The molecule has 0 unspecified atom stereocenters. The largest absolute Gasteiger partial charge is 0.507 e. The van der Waals surface area contributed by atoms with E-state index in [0.717, 1.165) is 17.4 Å². The van der Waals surface area contributed by atoms with Gasteiger partial charge in [0.2, 0.25) is 0 Å². The van der Waals surface area contributed by atoms with E-state index in [1.165, 1.54) is 0 Å². The van der Waals surface area contributed by atoms with Crippen LogP contribution < -0.4 is 4.74 Å². The van der Waals surface area contributed by atoms with Gasteiger partial charge in [-0.05, 0) is 73.3 Å². The number of benzene rings is 1. The number of fused-ring (bicyclic) bond motifs is 1. The van der Waals surface area contributed by atoms with E-state index in [9.17, 15) is 24.6 Å². The number of aldehydes is 1. The summed E-state index contributed by atoms with van der Waals surface area (Å²) in [5, 5.41) is 23.0. The smallest absolute Gasteiger partial charge is 0.200 e. The summed E-state index contributed by atoms with van der Waals surface area (Å²) in [6.07, 6.45) is 8.92. The van der Waals surface area contributed by atoms with Gasteiger partial charge in [-0.1, -0.05) is 35.5 Å². The van der Waals surface area contributed by atoms with Gasteiger partial charge < -0.3 is 19.7 Å². The van der Waals surface area contributed by atoms with Crippen LogP contribution in [0.4, 0.5) is 0 Å². The first-order valence-corrected chi connectivity index (χ1v) is 13.9. The summed E-state index contributed by atoms with van der Waals surface area (Å²) in [6, 6.07) is 0. The van der Waals surface area contributed by atoms with Crippen molar-refractivity contribution in [2.75, 3.05) is 0 Å². The molecule has 1 saturated carbocycles. The third-order valence-corrected chi connectivity index (χ3v) is 9.02. The lowest BCUT2D eigenvalue weighted by atomic mass is 9.51. The molecule has 2 aliphatic heterocycles. The number of carbonyl (C=O) groups is 3. The van der Waals surface area contributed by atoms with Crippen LogP contribution in [0.3, 0.4) is 0 Å². The minimum atomic E-state index is -1.54. The Hall–Kier alpha value is -3.45. The molecule has 1 spiro atoms. The second-order valence-corrected chi connectivity index (χ2v) is 12.6. The van der Waals surface area contributed by atoms with Gasteiger partial charge in [-0.15, -0.1) is 0 Å². The number of ether oxygens (including phenoxy) is 2. The zero-order valence-electron chi connectivity index (χ0n) is 24.3. The number of phenols is 2. The van der Waals surface area contributed by atoms with Gasteiger partial charge in [0, 0.05) is 35.0 Å². The van der Waals surface area contributed by atoms with Crippen molar-refractivity contribution in [3.8, 4) is 17.2 Å². The molecule has 0 amide bonds. The highest BCUT2D eigenvalue weighted by Gasteiger charge is 2.81. The van der Waals surface area contributed by atoms with Crippen LogP contribution in [0.5, 0.6) is 17.2 Å². The molecule has 1 aromatic carbocycles.